The Kier molecular flexibility index (Phi) is 5.25. The van der Waals surface area contributed by atoms with Crippen LogP contribution in [0.25, 0.3) is 0 Å². The van der Waals surface area contributed by atoms with Crippen LogP contribution in [0.3, 0.4) is 0 Å². The summed E-state index contributed by atoms with van der Waals surface area (Å²) < 4.78 is 43.4. The van der Waals surface area contributed by atoms with Gasteiger partial charge in [-0.1, -0.05) is 13.8 Å². The smallest absolute Gasteiger partial charge is 0.378 e. The van der Waals surface area contributed by atoms with Crippen LogP contribution in [0.5, 0.6) is 0 Å². The fourth-order valence-corrected chi connectivity index (χ4v) is 2.07. The lowest BCUT2D eigenvalue weighted by Crippen LogP contribution is -2.53. The molecule has 1 heterocycles. The van der Waals surface area contributed by atoms with Gasteiger partial charge in [0.1, 0.15) is 6.04 Å². The highest BCUT2D eigenvalue weighted by Crippen LogP contribution is 2.29. The molecule has 5 heteroatoms. The van der Waals surface area contributed by atoms with Crippen LogP contribution in [0.4, 0.5) is 13.2 Å². The molecule has 1 saturated heterocycles. The zero-order chi connectivity index (χ0) is 13.1. The van der Waals surface area contributed by atoms with Crippen molar-refractivity contribution in [3.8, 4) is 0 Å². The Morgan fingerprint density at radius 2 is 1.94 bits per heavy atom. The van der Waals surface area contributed by atoms with E-state index in [9.17, 15) is 13.2 Å². The van der Waals surface area contributed by atoms with E-state index in [2.05, 4.69) is 19.2 Å². The summed E-state index contributed by atoms with van der Waals surface area (Å²) in [5, 5.41) is 2.58. The second kappa shape index (κ2) is 6.05. The van der Waals surface area contributed by atoms with E-state index < -0.39 is 12.2 Å². The van der Waals surface area contributed by atoms with Crippen LogP contribution in [-0.2, 0) is 4.74 Å². The first-order chi connectivity index (χ1) is 7.79. The lowest BCUT2D eigenvalue weighted by molar-refractivity contribution is -0.173. The third-order valence-electron chi connectivity index (χ3n) is 3.04. The van der Waals surface area contributed by atoms with Crippen molar-refractivity contribution >= 4 is 0 Å². The minimum absolute atomic E-state index is 0.0337. The Balaban J connectivity index is 2.40. The van der Waals surface area contributed by atoms with Crippen LogP contribution in [0.2, 0.25) is 0 Å². The monoisotopic (exact) mass is 253 g/mol. The second-order valence-corrected chi connectivity index (χ2v) is 5.31. The summed E-state index contributed by atoms with van der Waals surface area (Å²) >= 11 is 0. The Bertz CT molecular complexity index is 230. The molecule has 0 spiro atoms. The number of hydrogen-bond donors (Lipinski definition) is 1. The molecule has 3 atom stereocenters. The summed E-state index contributed by atoms with van der Waals surface area (Å²) in [4.78, 5) is 0. The highest BCUT2D eigenvalue weighted by Gasteiger charge is 2.44. The number of hydrogen-bond acceptors (Lipinski definition) is 2. The Labute approximate surface area is 101 Å². The van der Waals surface area contributed by atoms with Gasteiger partial charge in [-0.3, -0.25) is 0 Å². The first kappa shape index (κ1) is 14.8. The first-order valence-electron chi connectivity index (χ1n) is 6.23. The molecule has 17 heavy (non-hydrogen) atoms. The normalized spacial score (nSPS) is 30.9. The average Bonchev–Trinajstić information content (AvgIpc) is 2.14. The van der Waals surface area contributed by atoms with E-state index in [-0.39, 0.29) is 18.6 Å². The summed E-state index contributed by atoms with van der Waals surface area (Å²) in [6.45, 7) is 6.48. The molecule has 2 nitrogen and oxygen atoms in total. The second-order valence-electron chi connectivity index (χ2n) is 5.31. The molecule has 0 aliphatic carbocycles. The molecule has 0 bridgehead atoms. The number of alkyl halides is 3. The van der Waals surface area contributed by atoms with Gasteiger partial charge in [0.25, 0.3) is 0 Å². The molecule has 0 aromatic carbocycles. The van der Waals surface area contributed by atoms with Gasteiger partial charge < -0.3 is 10.1 Å². The fraction of sp³-hybridized carbons (Fsp3) is 1.00. The molecule has 1 N–H and O–H groups in total. The van der Waals surface area contributed by atoms with Crippen molar-refractivity contribution in [1.82, 2.24) is 5.32 Å². The molecule has 1 fully saturated rings. The van der Waals surface area contributed by atoms with Crippen LogP contribution in [0.1, 0.15) is 40.0 Å². The minimum Gasteiger partial charge on any atom is -0.378 e. The standard InChI is InChI=1S/C12H22F3NO/c1-8(2)4-5-17-10-6-9(3)16-11(7-10)12(13,14)15/h8-11,16H,4-7H2,1-3H3. The number of rotatable bonds is 4. The van der Waals surface area contributed by atoms with Crippen molar-refractivity contribution in [2.75, 3.05) is 6.61 Å². The zero-order valence-corrected chi connectivity index (χ0v) is 10.7. The molecule has 1 aliphatic rings. The molecule has 0 radical (unpaired) electrons. The van der Waals surface area contributed by atoms with Gasteiger partial charge in [0.05, 0.1) is 6.10 Å². The predicted octanol–water partition coefficient (Wildman–Crippen LogP) is 3.12. The fourth-order valence-electron chi connectivity index (χ4n) is 2.07. The molecule has 102 valence electrons. The molecule has 1 aliphatic heterocycles. The first-order valence-corrected chi connectivity index (χ1v) is 6.23. The molecule has 1 rings (SSSR count). The number of halogens is 3. The number of ether oxygens (including phenoxy) is 1. The van der Waals surface area contributed by atoms with Gasteiger partial charge in [0.15, 0.2) is 0 Å². The molecule has 0 amide bonds. The van der Waals surface area contributed by atoms with E-state index in [0.717, 1.165) is 6.42 Å². The van der Waals surface area contributed by atoms with Crippen LogP contribution in [0.15, 0.2) is 0 Å². The van der Waals surface area contributed by atoms with Gasteiger partial charge in [-0.15, -0.1) is 0 Å². The van der Waals surface area contributed by atoms with E-state index >= 15 is 0 Å². The maximum absolute atomic E-state index is 12.6. The van der Waals surface area contributed by atoms with Gasteiger partial charge >= 0.3 is 6.18 Å². The number of piperidine rings is 1. The van der Waals surface area contributed by atoms with Crippen molar-refractivity contribution in [2.24, 2.45) is 5.92 Å². The van der Waals surface area contributed by atoms with Crippen molar-refractivity contribution in [2.45, 2.75) is 64.4 Å². The van der Waals surface area contributed by atoms with Crippen molar-refractivity contribution in [1.29, 1.82) is 0 Å². The molecular formula is C12H22F3NO. The van der Waals surface area contributed by atoms with Crippen LogP contribution in [0, 0.1) is 5.92 Å². The van der Waals surface area contributed by atoms with E-state index in [1.54, 1.807) is 6.92 Å². The molecule has 0 saturated carbocycles. The molecular weight excluding hydrogens is 231 g/mol. The maximum atomic E-state index is 12.6. The number of nitrogens with one attached hydrogen (secondary N) is 1. The summed E-state index contributed by atoms with van der Waals surface area (Å²) in [5.41, 5.74) is 0. The van der Waals surface area contributed by atoms with Crippen LogP contribution < -0.4 is 5.32 Å². The molecule has 3 unspecified atom stereocenters. The minimum atomic E-state index is -4.17. The van der Waals surface area contributed by atoms with E-state index in [0.29, 0.717) is 18.9 Å². The average molecular weight is 253 g/mol. The predicted molar refractivity (Wildman–Crippen MR) is 60.9 cm³/mol. The van der Waals surface area contributed by atoms with Crippen molar-refractivity contribution < 1.29 is 17.9 Å². The van der Waals surface area contributed by atoms with E-state index in [4.69, 9.17) is 4.74 Å². The van der Waals surface area contributed by atoms with Crippen molar-refractivity contribution in [3.63, 3.8) is 0 Å². The SMILES string of the molecule is CC(C)CCOC1CC(C)NC(C(F)(F)F)C1. The maximum Gasteiger partial charge on any atom is 0.403 e. The molecule has 0 aromatic heterocycles. The largest absolute Gasteiger partial charge is 0.403 e. The van der Waals surface area contributed by atoms with Gasteiger partial charge in [-0.05, 0) is 32.1 Å². The Hall–Kier alpha value is -0.290. The van der Waals surface area contributed by atoms with Gasteiger partial charge in [-0.25, -0.2) is 0 Å². The van der Waals surface area contributed by atoms with E-state index in [1.807, 2.05) is 0 Å². The highest BCUT2D eigenvalue weighted by molar-refractivity contribution is 4.88. The quantitative estimate of drug-likeness (QED) is 0.831. The van der Waals surface area contributed by atoms with Crippen LogP contribution >= 0.6 is 0 Å². The highest BCUT2D eigenvalue weighted by atomic mass is 19.4. The van der Waals surface area contributed by atoms with Crippen LogP contribution in [-0.4, -0.2) is 31.0 Å². The Morgan fingerprint density at radius 1 is 1.29 bits per heavy atom. The third kappa shape index (κ3) is 5.25. The van der Waals surface area contributed by atoms with Gasteiger partial charge in [-0.2, -0.15) is 13.2 Å². The topological polar surface area (TPSA) is 21.3 Å². The summed E-state index contributed by atoms with van der Waals surface area (Å²) in [6, 6.07) is -1.56. The summed E-state index contributed by atoms with van der Waals surface area (Å²) in [7, 11) is 0. The zero-order valence-electron chi connectivity index (χ0n) is 10.7. The lowest BCUT2D eigenvalue weighted by Gasteiger charge is -2.35. The summed E-state index contributed by atoms with van der Waals surface area (Å²) in [6.07, 6.45) is -2.85. The summed E-state index contributed by atoms with van der Waals surface area (Å²) in [5.74, 6) is 0.521. The van der Waals surface area contributed by atoms with E-state index in [1.165, 1.54) is 0 Å². The Morgan fingerprint density at radius 3 is 2.47 bits per heavy atom. The van der Waals surface area contributed by atoms with Gasteiger partial charge in [0.2, 0.25) is 0 Å². The molecule has 0 aromatic rings. The van der Waals surface area contributed by atoms with Gasteiger partial charge in [0, 0.05) is 12.6 Å². The third-order valence-corrected chi connectivity index (χ3v) is 3.04. The lowest BCUT2D eigenvalue weighted by atomic mass is 9.96. The van der Waals surface area contributed by atoms with Crippen molar-refractivity contribution in [3.05, 3.63) is 0 Å².